The average Bonchev–Trinajstić information content (AvgIpc) is 2.79. The molecule has 0 aliphatic heterocycles. The number of phenols is 1. The van der Waals surface area contributed by atoms with Crippen LogP contribution in [0.1, 0.15) is 21.5 Å². The number of ketones is 1. The van der Waals surface area contributed by atoms with Gasteiger partial charge in [-0.2, -0.15) is 8.78 Å². The van der Waals surface area contributed by atoms with Crippen molar-refractivity contribution >= 4 is 11.9 Å². The van der Waals surface area contributed by atoms with Gasteiger partial charge in [-0.05, 0) is 18.2 Å². The van der Waals surface area contributed by atoms with Gasteiger partial charge in [-0.25, -0.2) is 0 Å². The van der Waals surface area contributed by atoms with Crippen molar-refractivity contribution in [2.45, 2.75) is 13.0 Å². The summed E-state index contributed by atoms with van der Waals surface area (Å²) < 4.78 is 29.3. The van der Waals surface area contributed by atoms with E-state index in [1.165, 1.54) is 18.2 Å². The maximum atomic E-state index is 12.4. The number of phenolic OH excluding ortho intramolecular Hbond substituents is 1. The molecule has 0 aromatic heterocycles. The standard InChI is InChI=1S/C17H12F2O3/c18-17(19)22-15-7-2-1-4-10(15)8-11-9-13-12(16(11)21)5-3-6-14(13)20/h1-8,17,20H,9H2/b11-8-. The average molecular weight is 302 g/mol. The summed E-state index contributed by atoms with van der Waals surface area (Å²) in [6, 6.07) is 11.0. The van der Waals surface area contributed by atoms with Crippen molar-refractivity contribution < 1.29 is 23.4 Å². The molecule has 0 fully saturated rings. The molecule has 0 unspecified atom stereocenters. The van der Waals surface area contributed by atoms with Gasteiger partial charge in [0.05, 0.1) is 0 Å². The zero-order valence-corrected chi connectivity index (χ0v) is 11.4. The van der Waals surface area contributed by atoms with Gasteiger partial charge in [0.1, 0.15) is 11.5 Å². The number of halogens is 2. The maximum absolute atomic E-state index is 12.4. The lowest BCUT2D eigenvalue weighted by Crippen LogP contribution is -2.03. The van der Waals surface area contributed by atoms with Crippen molar-refractivity contribution in [2.24, 2.45) is 0 Å². The highest BCUT2D eigenvalue weighted by molar-refractivity contribution is 6.16. The summed E-state index contributed by atoms with van der Waals surface area (Å²) in [6.07, 6.45) is 1.79. The largest absolute Gasteiger partial charge is 0.508 e. The van der Waals surface area contributed by atoms with Gasteiger partial charge >= 0.3 is 6.61 Å². The Bertz CT molecular complexity index is 766. The molecule has 22 heavy (non-hydrogen) atoms. The predicted octanol–water partition coefficient (Wildman–Crippen LogP) is 3.82. The molecule has 0 spiro atoms. The van der Waals surface area contributed by atoms with Crippen LogP contribution in [0, 0.1) is 0 Å². The van der Waals surface area contributed by atoms with E-state index >= 15 is 0 Å². The first-order chi connectivity index (χ1) is 10.6. The number of hydrogen-bond acceptors (Lipinski definition) is 3. The lowest BCUT2D eigenvalue weighted by molar-refractivity contribution is -0.0499. The normalized spacial score (nSPS) is 15.4. The predicted molar refractivity (Wildman–Crippen MR) is 77.2 cm³/mol. The number of allylic oxidation sites excluding steroid dienone is 1. The number of hydrogen-bond donors (Lipinski definition) is 1. The summed E-state index contributed by atoms with van der Waals surface area (Å²) in [5.41, 5.74) is 1.84. The molecule has 2 aromatic carbocycles. The molecule has 0 atom stereocenters. The van der Waals surface area contributed by atoms with Crippen molar-refractivity contribution in [2.75, 3.05) is 0 Å². The summed E-state index contributed by atoms with van der Waals surface area (Å²) >= 11 is 0. The highest BCUT2D eigenvalue weighted by Crippen LogP contribution is 2.34. The first-order valence-corrected chi connectivity index (χ1v) is 6.66. The molecule has 5 heteroatoms. The molecule has 1 aliphatic carbocycles. The Morgan fingerprint density at radius 3 is 2.64 bits per heavy atom. The Kier molecular flexibility index (Phi) is 3.63. The van der Waals surface area contributed by atoms with Gasteiger partial charge in [0.15, 0.2) is 5.78 Å². The summed E-state index contributed by atoms with van der Waals surface area (Å²) in [6.45, 7) is -2.93. The van der Waals surface area contributed by atoms with Gasteiger partial charge in [0, 0.05) is 28.7 Å². The van der Waals surface area contributed by atoms with Gasteiger partial charge < -0.3 is 9.84 Å². The van der Waals surface area contributed by atoms with E-state index in [2.05, 4.69) is 4.74 Å². The van der Waals surface area contributed by atoms with E-state index < -0.39 is 6.61 Å². The molecule has 0 bridgehead atoms. The Balaban J connectivity index is 1.99. The minimum atomic E-state index is -2.93. The molecule has 2 aromatic rings. The van der Waals surface area contributed by atoms with Crippen molar-refractivity contribution in [1.82, 2.24) is 0 Å². The molecule has 112 valence electrons. The van der Waals surface area contributed by atoms with Gasteiger partial charge in [0.25, 0.3) is 0 Å². The van der Waals surface area contributed by atoms with Gasteiger partial charge in [-0.1, -0.05) is 30.3 Å². The van der Waals surface area contributed by atoms with E-state index in [1.54, 1.807) is 30.3 Å². The third kappa shape index (κ3) is 2.57. The SMILES string of the molecule is O=C1/C(=C\c2ccccc2OC(F)F)Cc2c(O)cccc21. The van der Waals surface area contributed by atoms with E-state index in [9.17, 15) is 18.7 Å². The van der Waals surface area contributed by atoms with E-state index in [4.69, 9.17) is 0 Å². The summed E-state index contributed by atoms with van der Waals surface area (Å²) in [5, 5.41) is 9.80. The number of alkyl halides is 2. The van der Waals surface area contributed by atoms with E-state index in [0.717, 1.165) is 0 Å². The number of carbonyl (C=O) groups excluding carboxylic acids is 1. The second-order valence-electron chi connectivity index (χ2n) is 4.90. The molecule has 0 radical (unpaired) electrons. The number of rotatable bonds is 3. The van der Waals surface area contributed by atoms with Crippen LogP contribution >= 0.6 is 0 Å². The number of para-hydroxylation sites is 1. The van der Waals surface area contributed by atoms with Crippen LogP contribution in [0.25, 0.3) is 6.08 Å². The van der Waals surface area contributed by atoms with Gasteiger partial charge in [-0.15, -0.1) is 0 Å². The number of benzene rings is 2. The molecular formula is C17H12F2O3. The third-order valence-electron chi connectivity index (χ3n) is 3.52. The minimum Gasteiger partial charge on any atom is -0.508 e. The van der Waals surface area contributed by atoms with Crippen molar-refractivity contribution in [1.29, 1.82) is 0 Å². The second kappa shape index (κ2) is 5.60. The van der Waals surface area contributed by atoms with Crippen molar-refractivity contribution in [3.63, 3.8) is 0 Å². The summed E-state index contributed by atoms with van der Waals surface area (Å²) in [4.78, 5) is 12.3. The van der Waals surface area contributed by atoms with Crippen LogP contribution in [0.3, 0.4) is 0 Å². The molecule has 0 saturated carbocycles. The highest BCUT2D eigenvalue weighted by Gasteiger charge is 2.27. The second-order valence-corrected chi connectivity index (χ2v) is 4.90. The van der Waals surface area contributed by atoms with Crippen LogP contribution in [0.2, 0.25) is 0 Å². The first-order valence-electron chi connectivity index (χ1n) is 6.66. The van der Waals surface area contributed by atoms with Crippen LogP contribution in [0.5, 0.6) is 11.5 Å². The fourth-order valence-electron chi connectivity index (χ4n) is 2.52. The van der Waals surface area contributed by atoms with Crippen LogP contribution in [0.4, 0.5) is 8.78 Å². The van der Waals surface area contributed by atoms with Crippen LogP contribution < -0.4 is 4.74 Å². The fraction of sp³-hybridized carbons (Fsp3) is 0.118. The molecule has 3 rings (SSSR count). The molecule has 0 saturated heterocycles. The number of aromatic hydroxyl groups is 1. The van der Waals surface area contributed by atoms with Crippen LogP contribution in [-0.4, -0.2) is 17.5 Å². The van der Waals surface area contributed by atoms with E-state index in [0.29, 0.717) is 22.3 Å². The molecular weight excluding hydrogens is 290 g/mol. The molecule has 1 N–H and O–H groups in total. The molecule has 0 heterocycles. The molecule has 0 amide bonds. The summed E-state index contributed by atoms with van der Waals surface area (Å²) in [5.74, 6) is -0.137. The zero-order chi connectivity index (χ0) is 15.7. The fourth-order valence-corrected chi connectivity index (χ4v) is 2.52. The Morgan fingerprint density at radius 1 is 1.14 bits per heavy atom. The van der Waals surface area contributed by atoms with Gasteiger partial charge in [0.2, 0.25) is 0 Å². The number of Topliss-reactive ketones (excluding diaryl/α,β-unsaturated/α-hetero) is 1. The topological polar surface area (TPSA) is 46.5 Å². The monoisotopic (exact) mass is 302 g/mol. The number of carbonyl (C=O) groups is 1. The van der Waals surface area contributed by atoms with E-state index in [-0.39, 0.29) is 23.7 Å². The maximum Gasteiger partial charge on any atom is 0.387 e. The van der Waals surface area contributed by atoms with Crippen LogP contribution in [-0.2, 0) is 6.42 Å². The molecule has 1 aliphatic rings. The minimum absolute atomic E-state index is 0.0120. The van der Waals surface area contributed by atoms with E-state index in [1.807, 2.05) is 0 Å². The third-order valence-corrected chi connectivity index (χ3v) is 3.52. The lowest BCUT2D eigenvalue weighted by atomic mass is 10.1. The Hall–Kier alpha value is -2.69. The smallest absolute Gasteiger partial charge is 0.387 e. The van der Waals surface area contributed by atoms with Crippen LogP contribution in [0.15, 0.2) is 48.0 Å². The molecule has 3 nitrogen and oxygen atoms in total. The lowest BCUT2D eigenvalue weighted by Gasteiger charge is -2.08. The Morgan fingerprint density at radius 2 is 1.91 bits per heavy atom. The number of ether oxygens (including phenoxy) is 1. The quantitative estimate of drug-likeness (QED) is 0.877. The number of fused-ring (bicyclic) bond motifs is 1. The first kappa shape index (κ1) is 14.3. The van der Waals surface area contributed by atoms with Crippen molar-refractivity contribution in [3.8, 4) is 11.5 Å². The van der Waals surface area contributed by atoms with Gasteiger partial charge in [-0.3, -0.25) is 4.79 Å². The Labute approximate surface area is 125 Å². The van der Waals surface area contributed by atoms with Crippen molar-refractivity contribution in [3.05, 3.63) is 64.7 Å². The zero-order valence-electron chi connectivity index (χ0n) is 11.4. The highest BCUT2D eigenvalue weighted by atomic mass is 19.3. The summed E-state index contributed by atoms with van der Waals surface area (Å²) in [7, 11) is 0.